The van der Waals surface area contributed by atoms with Crippen molar-refractivity contribution in [2.45, 2.75) is 19.8 Å². The average Bonchev–Trinajstić information content (AvgIpc) is 2.66. The van der Waals surface area contributed by atoms with Crippen LogP contribution in [0.25, 0.3) is 0 Å². The van der Waals surface area contributed by atoms with Crippen LogP contribution in [0.1, 0.15) is 17.7 Å². The van der Waals surface area contributed by atoms with Crippen molar-refractivity contribution in [3.05, 3.63) is 78.0 Å². The molecule has 2 aromatic carbocycles. The largest absolute Gasteiger partial charge is 0.439 e. The topological polar surface area (TPSA) is 59.1 Å². The smallest absolute Gasteiger partial charge is 0.232 e. The van der Waals surface area contributed by atoms with Gasteiger partial charge in [0.15, 0.2) is 5.11 Å². The predicted molar refractivity (Wildman–Crippen MR) is 112 cm³/mol. The maximum Gasteiger partial charge on any atom is 0.232 e. The molecule has 3 rings (SSSR count). The number of nitrogens with zero attached hydrogens (tertiary/aromatic N) is 2. The number of aromatic nitrogens is 2. The summed E-state index contributed by atoms with van der Waals surface area (Å²) in [6.07, 6.45) is 2.00. The van der Waals surface area contributed by atoms with Crippen molar-refractivity contribution in [2.24, 2.45) is 0 Å². The maximum absolute atomic E-state index is 5.77. The number of ether oxygens (including phenoxy) is 1. The molecule has 1 heterocycles. The number of aryl methyl sites for hydroxylation is 2. The second-order valence-corrected chi connectivity index (χ2v) is 6.46. The van der Waals surface area contributed by atoms with E-state index in [4.69, 9.17) is 17.0 Å². The third-order valence-corrected chi connectivity index (χ3v) is 4.04. The molecule has 0 radical (unpaired) electrons. The van der Waals surface area contributed by atoms with Crippen molar-refractivity contribution in [1.82, 2.24) is 15.3 Å². The van der Waals surface area contributed by atoms with E-state index in [1.807, 2.05) is 43.3 Å². The van der Waals surface area contributed by atoms with Gasteiger partial charge >= 0.3 is 0 Å². The summed E-state index contributed by atoms with van der Waals surface area (Å²) >= 11 is 5.34. The summed E-state index contributed by atoms with van der Waals surface area (Å²) in [5, 5.41) is 6.71. The zero-order valence-electron chi connectivity index (χ0n) is 15.2. The molecule has 0 unspecified atom stereocenters. The first-order valence-corrected chi connectivity index (χ1v) is 9.27. The number of rotatable bonds is 7. The van der Waals surface area contributed by atoms with Crippen LogP contribution in [0.5, 0.6) is 11.6 Å². The molecule has 27 heavy (non-hydrogen) atoms. The third kappa shape index (κ3) is 6.34. The molecule has 1 aromatic heterocycles. The van der Waals surface area contributed by atoms with Crippen molar-refractivity contribution in [1.29, 1.82) is 0 Å². The van der Waals surface area contributed by atoms with Gasteiger partial charge < -0.3 is 15.4 Å². The minimum absolute atomic E-state index is 0.418. The van der Waals surface area contributed by atoms with E-state index < -0.39 is 0 Å². The monoisotopic (exact) mass is 378 g/mol. The first kappa shape index (κ1) is 18.8. The van der Waals surface area contributed by atoms with Gasteiger partial charge in [-0.3, -0.25) is 0 Å². The minimum atomic E-state index is 0.418. The lowest BCUT2D eigenvalue weighted by Crippen LogP contribution is -2.30. The van der Waals surface area contributed by atoms with Gasteiger partial charge in [0.1, 0.15) is 5.75 Å². The van der Waals surface area contributed by atoms with E-state index in [0.29, 0.717) is 16.9 Å². The first-order chi connectivity index (χ1) is 13.2. The predicted octanol–water partition coefficient (Wildman–Crippen LogP) is 4.50. The van der Waals surface area contributed by atoms with Gasteiger partial charge in [0, 0.05) is 18.3 Å². The zero-order chi connectivity index (χ0) is 18.9. The number of thiocarbonyl (C=S) groups is 1. The van der Waals surface area contributed by atoms with Gasteiger partial charge in [0.2, 0.25) is 11.8 Å². The molecule has 0 amide bonds. The van der Waals surface area contributed by atoms with Crippen LogP contribution in [-0.4, -0.2) is 21.6 Å². The van der Waals surface area contributed by atoms with Gasteiger partial charge in [0.05, 0.1) is 0 Å². The number of nitrogens with one attached hydrogen (secondary N) is 2. The summed E-state index contributed by atoms with van der Waals surface area (Å²) in [6.45, 7) is 2.67. The SMILES string of the molecule is Cc1cc(Oc2ccccc2)nc(NC(=S)NCCCc2ccccc2)n1. The standard InChI is InChI=1S/C21H22N4OS/c1-16-15-19(26-18-12-6-3-7-13-18)24-20(23-16)25-21(27)22-14-8-11-17-9-4-2-5-10-17/h2-7,9-10,12-13,15H,8,11,14H2,1H3,(H2,22,23,24,25,27). The fourth-order valence-electron chi connectivity index (χ4n) is 2.54. The van der Waals surface area contributed by atoms with Gasteiger partial charge in [-0.15, -0.1) is 0 Å². The van der Waals surface area contributed by atoms with Gasteiger partial charge in [-0.1, -0.05) is 48.5 Å². The molecule has 0 aliphatic rings. The van der Waals surface area contributed by atoms with Crippen molar-refractivity contribution in [3.63, 3.8) is 0 Å². The lowest BCUT2D eigenvalue weighted by molar-refractivity contribution is 0.462. The lowest BCUT2D eigenvalue weighted by Gasteiger charge is -2.11. The Bertz CT molecular complexity index is 872. The molecule has 0 aliphatic carbocycles. The highest BCUT2D eigenvalue weighted by atomic mass is 32.1. The van der Waals surface area contributed by atoms with E-state index in [0.717, 1.165) is 30.8 Å². The number of benzene rings is 2. The van der Waals surface area contributed by atoms with Gasteiger partial charge in [-0.25, -0.2) is 4.98 Å². The molecule has 138 valence electrons. The van der Waals surface area contributed by atoms with Crippen molar-refractivity contribution < 1.29 is 4.74 Å². The second-order valence-electron chi connectivity index (χ2n) is 6.06. The fourth-order valence-corrected chi connectivity index (χ4v) is 2.74. The highest BCUT2D eigenvalue weighted by Crippen LogP contribution is 2.20. The van der Waals surface area contributed by atoms with Crippen LogP contribution in [0.3, 0.4) is 0 Å². The molecule has 6 heteroatoms. The van der Waals surface area contributed by atoms with Crippen LogP contribution in [-0.2, 0) is 6.42 Å². The van der Waals surface area contributed by atoms with Crippen LogP contribution in [0, 0.1) is 6.92 Å². The van der Waals surface area contributed by atoms with E-state index in [1.165, 1.54) is 5.56 Å². The third-order valence-electron chi connectivity index (χ3n) is 3.79. The van der Waals surface area contributed by atoms with Crippen LogP contribution >= 0.6 is 12.2 Å². The van der Waals surface area contributed by atoms with E-state index in [2.05, 4.69) is 44.9 Å². The maximum atomic E-state index is 5.77. The quantitative estimate of drug-likeness (QED) is 0.466. The van der Waals surface area contributed by atoms with Crippen molar-refractivity contribution >= 4 is 23.3 Å². The van der Waals surface area contributed by atoms with Crippen LogP contribution in [0.2, 0.25) is 0 Å². The number of hydrogen-bond acceptors (Lipinski definition) is 4. The highest BCUT2D eigenvalue weighted by molar-refractivity contribution is 7.80. The summed E-state index contributed by atoms with van der Waals surface area (Å²) in [5.41, 5.74) is 2.12. The van der Waals surface area contributed by atoms with Gasteiger partial charge in [-0.2, -0.15) is 4.98 Å². The summed E-state index contributed by atoms with van der Waals surface area (Å²) in [4.78, 5) is 8.73. The molecule has 0 saturated heterocycles. The summed E-state index contributed by atoms with van der Waals surface area (Å²) in [7, 11) is 0. The Kier molecular flexibility index (Phi) is 6.71. The van der Waals surface area contributed by atoms with E-state index in [9.17, 15) is 0 Å². The average molecular weight is 379 g/mol. The van der Waals surface area contributed by atoms with Crippen LogP contribution < -0.4 is 15.4 Å². The van der Waals surface area contributed by atoms with E-state index >= 15 is 0 Å². The Morgan fingerprint density at radius 3 is 2.44 bits per heavy atom. The minimum Gasteiger partial charge on any atom is -0.439 e. The fraction of sp³-hybridized carbons (Fsp3) is 0.190. The number of hydrogen-bond donors (Lipinski definition) is 2. The van der Waals surface area contributed by atoms with Crippen molar-refractivity contribution in [3.8, 4) is 11.6 Å². The lowest BCUT2D eigenvalue weighted by atomic mass is 10.1. The Hall–Kier alpha value is -2.99. The molecule has 0 bridgehead atoms. The van der Waals surface area contributed by atoms with E-state index in [-0.39, 0.29) is 0 Å². The molecular weight excluding hydrogens is 356 g/mol. The second kappa shape index (κ2) is 9.64. The summed E-state index contributed by atoms with van der Waals surface area (Å²) in [5.74, 6) is 1.62. The van der Waals surface area contributed by atoms with Gasteiger partial charge in [0.25, 0.3) is 0 Å². The Morgan fingerprint density at radius 2 is 1.70 bits per heavy atom. The van der Waals surface area contributed by atoms with Gasteiger partial charge in [-0.05, 0) is 49.7 Å². The molecule has 5 nitrogen and oxygen atoms in total. The Labute approximate surface area is 164 Å². The molecule has 0 fully saturated rings. The van der Waals surface area contributed by atoms with Crippen LogP contribution in [0.15, 0.2) is 66.7 Å². The zero-order valence-corrected chi connectivity index (χ0v) is 16.0. The normalized spacial score (nSPS) is 10.3. The van der Waals surface area contributed by atoms with E-state index in [1.54, 1.807) is 6.07 Å². The summed E-state index contributed by atoms with van der Waals surface area (Å²) < 4.78 is 5.77. The van der Waals surface area contributed by atoms with Crippen molar-refractivity contribution in [2.75, 3.05) is 11.9 Å². The van der Waals surface area contributed by atoms with Crippen LogP contribution in [0.4, 0.5) is 5.95 Å². The summed E-state index contributed by atoms with van der Waals surface area (Å²) in [6, 6.07) is 21.7. The molecular formula is C21H22N4OS. The molecule has 0 spiro atoms. The number of anilines is 1. The molecule has 3 aromatic rings. The molecule has 0 atom stereocenters. The highest BCUT2D eigenvalue weighted by Gasteiger charge is 2.06. The molecule has 2 N–H and O–H groups in total. The number of para-hydroxylation sites is 1. The Balaban J connectivity index is 1.50. The molecule has 0 saturated carbocycles. The Morgan fingerprint density at radius 1 is 1.00 bits per heavy atom. The molecule has 0 aliphatic heterocycles. The first-order valence-electron chi connectivity index (χ1n) is 8.86.